The number of nitrogens with zero attached hydrogens (tertiary/aromatic N) is 2. The number of aryl methyl sites for hydroxylation is 1. The van der Waals surface area contributed by atoms with Crippen molar-refractivity contribution in [3.63, 3.8) is 0 Å². The van der Waals surface area contributed by atoms with E-state index in [0.717, 1.165) is 30.2 Å². The molecule has 1 saturated heterocycles. The molecule has 0 saturated carbocycles. The minimum absolute atomic E-state index is 0.0612. The number of carbonyl (C=O) groups is 1. The van der Waals surface area contributed by atoms with Crippen LogP contribution < -0.4 is 10.2 Å². The summed E-state index contributed by atoms with van der Waals surface area (Å²) in [4.78, 5) is 14.1. The highest BCUT2D eigenvalue weighted by atomic mass is 16.3. The predicted octanol–water partition coefficient (Wildman–Crippen LogP) is 1.92. The molecule has 0 radical (unpaired) electrons. The Morgan fingerprint density at radius 3 is 2.63 bits per heavy atom. The molecule has 1 fully saturated rings. The number of furan rings is 1. The van der Waals surface area contributed by atoms with Gasteiger partial charge in [0, 0.05) is 30.3 Å². The smallest absolute Gasteiger partial charge is 0.251 e. The SMILES string of the molecule is Cc1ccnn1-c1ccc(C(=O)NC[C@H](c2ccco2)[NH+]2CCCC2)cc1. The number of carbonyl (C=O) groups excluding carboxylic acids is 1. The average molecular weight is 365 g/mol. The predicted molar refractivity (Wildman–Crippen MR) is 102 cm³/mol. The molecule has 3 aromatic rings. The summed E-state index contributed by atoms with van der Waals surface area (Å²) in [5.74, 6) is 0.880. The molecule has 3 heterocycles. The number of likely N-dealkylation sites (tertiary alicyclic amines) is 1. The van der Waals surface area contributed by atoms with Crippen molar-refractivity contribution < 1.29 is 14.1 Å². The number of rotatable bonds is 6. The molecule has 140 valence electrons. The van der Waals surface area contributed by atoms with Crippen LogP contribution in [-0.4, -0.2) is 35.3 Å². The first-order chi connectivity index (χ1) is 13.2. The molecule has 4 rings (SSSR count). The summed E-state index contributed by atoms with van der Waals surface area (Å²) >= 11 is 0. The molecule has 1 aliphatic rings. The fraction of sp³-hybridized carbons (Fsp3) is 0.333. The largest absolute Gasteiger partial charge is 0.463 e. The van der Waals surface area contributed by atoms with Gasteiger partial charge >= 0.3 is 0 Å². The van der Waals surface area contributed by atoms with E-state index >= 15 is 0 Å². The van der Waals surface area contributed by atoms with Crippen molar-refractivity contribution >= 4 is 5.91 Å². The molecule has 0 aliphatic carbocycles. The molecule has 6 nitrogen and oxygen atoms in total. The summed E-state index contributed by atoms with van der Waals surface area (Å²) in [6.07, 6.45) is 5.94. The number of nitrogens with one attached hydrogen (secondary N) is 2. The molecule has 1 aromatic carbocycles. The first-order valence-electron chi connectivity index (χ1n) is 9.49. The maximum atomic E-state index is 12.6. The zero-order chi connectivity index (χ0) is 18.6. The summed E-state index contributed by atoms with van der Waals surface area (Å²) < 4.78 is 7.49. The van der Waals surface area contributed by atoms with Crippen LogP contribution in [0.2, 0.25) is 0 Å². The highest BCUT2D eigenvalue weighted by Crippen LogP contribution is 2.13. The molecule has 27 heavy (non-hydrogen) atoms. The fourth-order valence-electron chi connectivity index (χ4n) is 3.80. The van der Waals surface area contributed by atoms with Gasteiger partial charge in [-0.25, -0.2) is 4.68 Å². The van der Waals surface area contributed by atoms with E-state index in [2.05, 4.69) is 10.4 Å². The van der Waals surface area contributed by atoms with Crippen LogP contribution in [0, 0.1) is 6.92 Å². The Morgan fingerprint density at radius 1 is 1.22 bits per heavy atom. The van der Waals surface area contributed by atoms with Gasteiger partial charge in [0.15, 0.2) is 11.8 Å². The monoisotopic (exact) mass is 365 g/mol. The molecule has 1 atom stereocenters. The molecule has 0 unspecified atom stereocenters. The summed E-state index contributed by atoms with van der Waals surface area (Å²) in [6, 6.07) is 13.6. The van der Waals surface area contributed by atoms with E-state index in [4.69, 9.17) is 4.42 Å². The van der Waals surface area contributed by atoms with E-state index in [0.29, 0.717) is 12.1 Å². The van der Waals surface area contributed by atoms with Crippen LogP contribution in [0.25, 0.3) is 5.69 Å². The van der Waals surface area contributed by atoms with E-state index < -0.39 is 0 Å². The van der Waals surface area contributed by atoms with Gasteiger partial charge in [0.1, 0.15) is 0 Å². The quantitative estimate of drug-likeness (QED) is 0.702. The lowest BCUT2D eigenvalue weighted by molar-refractivity contribution is -0.919. The molecule has 6 heteroatoms. The third-order valence-corrected chi connectivity index (χ3v) is 5.30. The molecule has 0 spiro atoms. The normalized spacial score (nSPS) is 15.7. The van der Waals surface area contributed by atoms with Crippen LogP contribution in [0.1, 0.15) is 40.7 Å². The number of quaternary nitrogens is 1. The van der Waals surface area contributed by atoms with Crippen molar-refractivity contribution in [2.75, 3.05) is 19.6 Å². The number of amides is 1. The Labute approximate surface area is 158 Å². The molecule has 0 bridgehead atoms. The lowest BCUT2D eigenvalue weighted by Gasteiger charge is -2.23. The van der Waals surface area contributed by atoms with Crippen molar-refractivity contribution in [3.8, 4) is 5.69 Å². The topological polar surface area (TPSA) is 64.5 Å². The van der Waals surface area contributed by atoms with Gasteiger partial charge in [-0.15, -0.1) is 0 Å². The number of hydrogen-bond acceptors (Lipinski definition) is 3. The van der Waals surface area contributed by atoms with Gasteiger partial charge < -0.3 is 14.6 Å². The van der Waals surface area contributed by atoms with Crippen LogP contribution in [0.15, 0.2) is 59.3 Å². The van der Waals surface area contributed by atoms with E-state index in [1.54, 1.807) is 12.5 Å². The van der Waals surface area contributed by atoms with Gasteiger partial charge in [-0.05, 0) is 49.4 Å². The number of aromatic nitrogens is 2. The van der Waals surface area contributed by atoms with Gasteiger partial charge in [0.25, 0.3) is 5.91 Å². The van der Waals surface area contributed by atoms with Crippen molar-refractivity contribution in [1.82, 2.24) is 15.1 Å². The van der Waals surface area contributed by atoms with Crippen molar-refractivity contribution in [3.05, 3.63) is 71.9 Å². The third-order valence-electron chi connectivity index (χ3n) is 5.30. The Kier molecular flexibility index (Phi) is 5.07. The first-order valence-corrected chi connectivity index (χ1v) is 9.49. The van der Waals surface area contributed by atoms with Gasteiger partial charge in [-0.2, -0.15) is 5.10 Å². The first kappa shape index (κ1) is 17.5. The van der Waals surface area contributed by atoms with Crippen molar-refractivity contribution in [2.45, 2.75) is 25.8 Å². The van der Waals surface area contributed by atoms with Gasteiger partial charge in [0.2, 0.25) is 0 Å². The molecular weight excluding hydrogens is 340 g/mol. The minimum Gasteiger partial charge on any atom is -0.463 e. The Morgan fingerprint density at radius 2 is 2.00 bits per heavy atom. The summed E-state index contributed by atoms with van der Waals surface area (Å²) in [5.41, 5.74) is 2.66. The van der Waals surface area contributed by atoms with E-state index in [1.807, 2.05) is 54.1 Å². The summed E-state index contributed by atoms with van der Waals surface area (Å²) in [5, 5.41) is 7.38. The molecule has 1 aliphatic heterocycles. The van der Waals surface area contributed by atoms with Crippen molar-refractivity contribution in [2.24, 2.45) is 0 Å². The Balaban J connectivity index is 1.43. The minimum atomic E-state index is -0.0612. The van der Waals surface area contributed by atoms with Crippen LogP contribution in [-0.2, 0) is 0 Å². The molecular formula is C21H25N4O2+. The number of benzene rings is 1. The lowest BCUT2D eigenvalue weighted by atomic mass is 10.1. The zero-order valence-corrected chi connectivity index (χ0v) is 15.5. The van der Waals surface area contributed by atoms with Gasteiger partial charge in [-0.1, -0.05) is 0 Å². The van der Waals surface area contributed by atoms with E-state index in [9.17, 15) is 4.79 Å². The molecule has 2 aromatic heterocycles. The zero-order valence-electron chi connectivity index (χ0n) is 15.5. The summed E-state index contributed by atoms with van der Waals surface area (Å²) in [6.45, 7) is 4.82. The summed E-state index contributed by atoms with van der Waals surface area (Å²) in [7, 11) is 0. The number of hydrogen-bond donors (Lipinski definition) is 2. The standard InChI is InChI=1S/C21H24N4O2/c1-16-10-11-23-25(16)18-8-6-17(7-9-18)21(26)22-15-19(20-5-4-14-27-20)24-12-2-3-13-24/h4-11,14,19H,2-3,12-13,15H2,1H3,(H,22,26)/p+1/t19-/m1/s1. The lowest BCUT2D eigenvalue weighted by Crippen LogP contribution is -3.11. The molecule has 1 amide bonds. The fourth-order valence-corrected chi connectivity index (χ4v) is 3.80. The Hall–Kier alpha value is -2.86. The van der Waals surface area contributed by atoms with Crippen LogP contribution in [0.5, 0.6) is 0 Å². The van der Waals surface area contributed by atoms with Gasteiger partial charge in [-0.3, -0.25) is 4.79 Å². The second kappa shape index (κ2) is 7.80. The third kappa shape index (κ3) is 3.80. The molecule has 2 N–H and O–H groups in total. The second-order valence-electron chi connectivity index (χ2n) is 7.07. The van der Waals surface area contributed by atoms with Crippen molar-refractivity contribution in [1.29, 1.82) is 0 Å². The maximum Gasteiger partial charge on any atom is 0.251 e. The van der Waals surface area contributed by atoms with Gasteiger partial charge in [0.05, 0.1) is 31.6 Å². The van der Waals surface area contributed by atoms with E-state index in [1.165, 1.54) is 17.7 Å². The second-order valence-corrected chi connectivity index (χ2v) is 7.07. The van der Waals surface area contributed by atoms with Crippen LogP contribution in [0.3, 0.4) is 0 Å². The highest BCUT2D eigenvalue weighted by molar-refractivity contribution is 5.94. The van der Waals surface area contributed by atoms with Crippen LogP contribution >= 0.6 is 0 Å². The Bertz CT molecular complexity index is 877. The highest BCUT2D eigenvalue weighted by Gasteiger charge is 2.29. The van der Waals surface area contributed by atoms with Crippen LogP contribution in [0.4, 0.5) is 0 Å². The average Bonchev–Trinajstić information content (AvgIpc) is 3.45. The van der Waals surface area contributed by atoms with E-state index in [-0.39, 0.29) is 11.9 Å². The maximum absolute atomic E-state index is 12.6.